The normalized spacial score (nSPS) is 14.1. The Labute approximate surface area is 108 Å². The second kappa shape index (κ2) is 6.43. The van der Waals surface area contributed by atoms with Gasteiger partial charge in [-0.25, -0.2) is 0 Å². The van der Waals surface area contributed by atoms with Crippen LogP contribution in [0.1, 0.15) is 51.5 Å². The lowest BCUT2D eigenvalue weighted by Gasteiger charge is -2.26. The van der Waals surface area contributed by atoms with Gasteiger partial charge in [0.05, 0.1) is 5.41 Å². The Balaban J connectivity index is 2.87. The molecular weight excluding hydrogens is 228 g/mol. The number of carboxylic acid groups (broad SMARTS) is 1. The number of unbranched alkanes of at least 4 members (excludes halogenated alkanes) is 3. The zero-order chi connectivity index (χ0) is 13.6. The molecule has 0 aromatic heterocycles. The second-order valence-electron chi connectivity index (χ2n) is 4.97. The first-order chi connectivity index (χ1) is 8.52. The molecule has 0 fully saturated rings. The Hall–Kier alpha value is -1.51. The number of carbonyl (C=O) groups is 1. The number of benzene rings is 1. The fourth-order valence-corrected chi connectivity index (χ4v) is 2.20. The monoisotopic (exact) mass is 250 g/mol. The molecule has 0 bridgehead atoms. The van der Waals surface area contributed by atoms with Gasteiger partial charge in [-0.05, 0) is 19.4 Å². The Morgan fingerprint density at radius 3 is 2.44 bits per heavy atom. The van der Waals surface area contributed by atoms with Gasteiger partial charge in [0.2, 0.25) is 0 Å². The summed E-state index contributed by atoms with van der Waals surface area (Å²) >= 11 is 0. The molecule has 0 spiro atoms. The third kappa shape index (κ3) is 3.25. The highest BCUT2D eigenvalue weighted by molar-refractivity contribution is 5.81. The Morgan fingerprint density at radius 2 is 1.89 bits per heavy atom. The minimum absolute atomic E-state index is 0.0675. The number of aromatic hydroxyl groups is 1. The molecule has 1 aromatic carbocycles. The van der Waals surface area contributed by atoms with Crippen LogP contribution in [0, 0.1) is 0 Å². The molecule has 0 aliphatic carbocycles. The van der Waals surface area contributed by atoms with Gasteiger partial charge in [-0.3, -0.25) is 4.79 Å². The van der Waals surface area contributed by atoms with Crippen molar-refractivity contribution in [1.82, 2.24) is 0 Å². The van der Waals surface area contributed by atoms with E-state index in [4.69, 9.17) is 0 Å². The highest BCUT2D eigenvalue weighted by atomic mass is 16.4. The molecular formula is C15H22O3. The summed E-state index contributed by atoms with van der Waals surface area (Å²) in [7, 11) is 0. The lowest BCUT2D eigenvalue weighted by Crippen LogP contribution is -2.32. The summed E-state index contributed by atoms with van der Waals surface area (Å²) in [4.78, 5) is 11.5. The molecule has 0 saturated heterocycles. The van der Waals surface area contributed by atoms with Gasteiger partial charge in [-0.15, -0.1) is 0 Å². The van der Waals surface area contributed by atoms with Gasteiger partial charge in [0.25, 0.3) is 0 Å². The summed E-state index contributed by atoms with van der Waals surface area (Å²) in [5, 5.41) is 19.3. The summed E-state index contributed by atoms with van der Waals surface area (Å²) in [6, 6.07) is 6.71. The first kappa shape index (κ1) is 14.6. The number of carboxylic acids is 1. The second-order valence-corrected chi connectivity index (χ2v) is 4.97. The number of aliphatic carboxylic acids is 1. The first-order valence-electron chi connectivity index (χ1n) is 6.54. The van der Waals surface area contributed by atoms with Gasteiger partial charge in [-0.2, -0.15) is 0 Å². The van der Waals surface area contributed by atoms with E-state index in [0.717, 1.165) is 25.7 Å². The molecule has 1 atom stereocenters. The molecule has 3 heteroatoms. The van der Waals surface area contributed by atoms with Crippen LogP contribution < -0.4 is 0 Å². The molecule has 0 heterocycles. The van der Waals surface area contributed by atoms with E-state index in [2.05, 4.69) is 6.92 Å². The van der Waals surface area contributed by atoms with Crippen LogP contribution in [0.5, 0.6) is 5.75 Å². The number of para-hydroxylation sites is 1. The van der Waals surface area contributed by atoms with Gasteiger partial charge < -0.3 is 10.2 Å². The van der Waals surface area contributed by atoms with Crippen molar-refractivity contribution in [2.45, 2.75) is 51.4 Å². The van der Waals surface area contributed by atoms with Crippen LogP contribution in [0.25, 0.3) is 0 Å². The Kier molecular flexibility index (Phi) is 5.20. The van der Waals surface area contributed by atoms with Crippen molar-refractivity contribution in [2.75, 3.05) is 0 Å². The average Bonchev–Trinajstić information content (AvgIpc) is 2.34. The quantitative estimate of drug-likeness (QED) is 0.725. The van der Waals surface area contributed by atoms with Crippen LogP contribution in [0.15, 0.2) is 24.3 Å². The van der Waals surface area contributed by atoms with Crippen LogP contribution in [0.2, 0.25) is 0 Å². The molecule has 3 nitrogen and oxygen atoms in total. The largest absolute Gasteiger partial charge is 0.508 e. The number of rotatable bonds is 7. The maximum Gasteiger partial charge on any atom is 0.313 e. The third-order valence-electron chi connectivity index (χ3n) is 3.50. The molecule has 0 radical (unpaired) electrons. The molecule has 100 valence electrons. The summed E-state index contributed by atoms with van der Waals surface area (Å²) in [5.74, 6) is -0.807. The molecule has 0 amide bonds. The van der Waals surface area contributed by atoms with Gasteiger partial charge >= 0.3 is 5.97 Å². The van der Waals surface area contributed by atoms with Crippen LogP contribution in [0.3, 0.4) is 0 Å². The SMILES string of the molecule is CCCCCCC(C)(C(=O)O)c1ccccc1O. The topological polar surface area (TPSA) is 57.5 Å². The fraction of sp³-hybridized carbons (Fsp3) is 0.533. The predicted octanol–water partition coefficient (Wildman–Crippen LogP) is 3.70. The third-order valence-corrected chi connectivity index (χ3v) is 3.50. The Bertz CT molecular complexity index is 400. The number of phenols is 1. The lowest BCUT2D eigenvalue weighted by molar-refractivity contribution is -0.143. The van der Waals surface area contributed by atoms with E-state index in [-0.39, 0.29) is 5.75 Å². The van der Waals surface area contributed by atoms with Crippen molar-refractivity contribution in [3.63, 3.8) is 0 Å². The maximum atomic E-state index is 11.5. The Morgan fingerprint density at radius 1 is 1.22 bits per heavy atom. The lowest BCUT2D eigenvalue weighted by atomic mass is 9.77. The van der Waals surface area contributed by atoms with E-state index in [9.17, 15) is 15.0 Å². The molecule has 18 heavy (non-hydrogen) atoms. The van der Waals surface area contributed by atoms with Crippen LogP contribution in [-0.4, -0.2) is 16.2 Å². The minimum Gasteiger partial charge on any atom is -0.508 e. The molecule has 2 N–H and O–H groups in total. The van der Waals surface area contributed by atoms with E-state index in [1.54, 1.807) is 31.2 Å². The van der Waals surface area contributed by atoms with E-state index in [1.165, 1.54) is 0 Å². The van der Waals surface area contributed by atoms with E-state index in [1.807, 2.05) is 0 Å². The summed E-state index contributed by atoms with van der Waals surface area (Å²) in [6.07, 6.45) is 4.70. The first-order valence-corrected chi connectivity index (χ1v) is 6.54. The van der Waals surface area contributed by atoms with Crippen molar-refractivity contribution in [3.05, 3.63) is 29.8 Å². The van der Waals surface area contributed by atoms with Gasteiger partial charge in [0.1, 0.15) is 5.75 Å². The van der Waals surface area contributed by atoms with Crippen molar-refractivity contribution in [1.29, 1.82) is 0 Å². The summed E-state index contributed by atoms with van der Waals surface area (Å²) in [6.45, 7) is 3.82. The fourth-order valence-electron chi connectivity index (χ4n) is 2.20. The van der Waals surface area contributed by atoms with Crippen molar-refractivity contribution in [3.8, 4) is 5.75 Å². The number of hydrogen-bond acceptors (Lipinski definition) is 2. The van der Waals surface area contributed by atoms with E-state index in [0.29, 0.717) is 12.0 Å². The van der Waals surface area contributed by atoms with E-state index >= 15 is 0 Å². The predicted molar refractivity (Wildman–Crippen MR) is 71.9 cm³/mol. The molecule has 1 unspecified atom stereocenters. The summed E-state index contributed by atoms with van der Waals surface area (Å²) < 4.78 is 0. The maximum absolute atomic E-state index is 11.5. The minimum atomic E-state index is -1.00. The van der Waals surface area contributed by atoms with Crippen molar-refractivity contribution in [2.24, 2.45) is 0 Å². The van der Waals surface area contributed by atoms with Gasteiger partial charge in [0, 0.05) is 5.56 Å². The number of phenolic OH excluding ortho intramolecular Hbond substituents is 1. The average molecular weight is 250 g/mol. The van der Waals surface area contributed by atoms with Crippen molar-refractivity contribution >= 4 is 5.97 Å². The molecule has 1 rings (SSSR count). The van der Waals surface area contributed by atoms with Crippen LogP contribution >= 0.6 is 0 Å². The molecule has 1 aromatic rings. The smallest absolute Gasteiger partial charge is 0.313 e. The number of hydrogen-bond donors (Lipinski definition) is 2. The standard InChI is InChI=1S/C15H22O3/c1-3-4-5-8-11-15(2,14(17)18)12-9-6-7-10-13(12)16/h6-7,9-10,16H,3-5,8,11H2,1-2H3,(H,17,18). The van der Waals surface area contributed by atoms with Crippen LogP contribution in [-0.2, 0) is 10.2 Å². The molecule has 0 saturated carbocycles. The summed E-state index contributed by atoms with van der Waals surface area (Å²) in [5.41, 5.74) is -0.493. The molecule has 0 aliphatic rings. The molecule has 0 aliphatic heterocycles. The highest BCUT2D eigenvalue weighted by Gasteiger charge is 2.36. The highest BCUT2D eigenvalue weighted by Crippen LogP contribution is 2.35. The van der Waals surface area contributed by atoms with Gasteiger partial charge in [-0.1, -0.05) is 50.8 Å². The van der Waals surface area contributed by atoms with Gasteiger partial charge in [0.15, 0.2) is 0 Å². The van der Waals surface area contributed by atoms with E-state index < -0.39 is 11.4 Å². The van der Waals surface area contributed by atoms with Crippen LogP contribution in [0.4, 0.5) is 0 Å². The van der Waals surface area contributed by atoms with Crippen molar-refractivity contribution < 1.29 is 15.0 Å². The zero-order valence-electron chi connectivity index (χ0n) is 11.1. The zero-order valence-corrected chi connectivity index (χ0v) is 11.1.